The van der Waals surface area contributed by atoms with E-state index in [1.165, 1.54) is 17.7 Å². The standard InChI is InChI=1S/C17H26N2O2/c1-13-7-14(2)10-19(9-13)16-6-4-5-15(8-16)11-18(3)12-17(20)21/h4-6,8,13-14H,7,9-12H2,1-3H3,(H,20,21). The minimum absolute atomic E-state index is 0.0714. The maximum atomic E-state index is 10.7. The summed E-state index contributed by atoms with van der Waals surface area (Å²) in [4.78, 5) is 15.0. The van der Waals surface area contributed by atoms with Crippen LogP contribution in [-0.2, 0) is 11.3 Å². The second kappa shape index (κ2) is 6.94. The first-order chi connectivity index (χ1) is 9.94. The third-order valence-electron chi connectivity index (χ3n) is 4.00. The number of rotatable bonds is 5. The Kier molecular flexibility index (Phi) is 5.23. The summed E-state index contributed by atoms with van der Waals surface area (Å²) in [5.41, 5.74) is 2.43. The van der Waals surface area contributed by atoms with Gasteiger partial charge in [-0.1, -0.05) is 26.0 Å². The summed E-state index contributed by atoms with van der Waals surface area (Å²) in [6.45, 7) is 7.58. The number of benzene rings is 1. The molecule has 1 N–H and O–H groups in total. The molecule has 1 saturated heterocycles. The third kappa shape index (κ3) is 4.74. The molecule has 1 aromatic carbocycles. The predicted octanol–water partition coefficient (Wildman–Crippen LogP) is 2.69. The van der Waals surface area contributed by atoms with Crippen molar-refractivity contribution in [2.24, 2.45) is 11.8 Å². The monoisotopic (exact) mass is 290 g/mol. The molecule has 0 spiro atoms. The normalized spacial score (nSPS) is 22.6. The fourth-order valence-corrected chi connectivity index (χ4v) is 3.32. The van der Waals surface area contributed by atoms with Crippen LogP contribution in [-0.4, -0.2) is 42.7 Å². The molecule has 4 nitrogen and oxygen atoms in total. The minimum Gasteiger partial charge on any atom is -0.480 e. The third-order valence-corrected chi connectivity index (χ3v) is 4.00. The van der Waals surface area contributed by atoms with Crippen molar-refractivity contribution in [3.05, 3.63) is 29.8 Å². The number of piperidine rings is 1. The zero-order valence-corrected chi connectivity index (χ0v) is 13.2. The molecule has 4 heteroatoms. The summed E-state index contributed by atoms with van der Waals surface area (Å²) in [6, 6.07) is 8.50. The van der Waals surface area contributed by atoms with Crippen molar-refractivity contribution in [2.75, 3.05) is 31.6 Å². The molecule has 2 unspecified atom stereocenters. The highest BCUT2D eigenvalue weighted by molar-refractivity contribution is 5.69. The summed E-state index contributed by atoms with van der Waals surface area (Å²) < 4.78 is 0. The molecule has 1 fully saturated rings. The summed E-state index contributed by atoms with van der Waals surface area (Å²) in [6.07, 6.45) is 1.30. The molecule has 0 radical (unpaired) electrons. The second-order valence-corrected chi connectivity index (χ2v) is 6.59. The van der Waals surface area contributed by atoms with Gasteiger partial charge in [0, 0.05) is 25.3 Å². The lowest BCUT2D eigenvalue weighted by Gasteiger charge is -2.36. The summed E-state index contributed by atoms with van der Waals surface area (Å²) in [7, 11) is 1.84. The van der Waals surface area contributed by atoms with Crippen LogP contribution < -0.4 is 4.90 Å². The molecule has 2 atom stereocenters. The van der Waals surface area contributed by atoms with Crippen molar-refractivity contribution in [3.8, 4) is 0 Å². The number of carboxylic acids is 1. The van der Waals surface area contributed by atoms with Crippen LogP contribution in [0.3, 0.4) is 0 Å². The highest BCUT2D eigenvalue weighted by Gasteiger charge is 2.22. The van der Waals surface area contributed by atoms with Gasteiger partial charge in [-0.15, -0.1) is 0 Å². The van der Waals surface area contributed by atoms with Gasteiger partial charge >= 0.3 is 5.97 Å². The molecular formula is C17H26N2O2. The SMILES string of the molecule is CC1CC(C)CN(c2cccc(CN(C)CC(=O)O)c2)C1. The Morgan fingerprint density at radius 2 is 2.00 bits per heavy atom. The van der Waals surface area contributed by atoms with Gasteiger partial charge in [0.05, 0.1) is 6.54 Å². The van der Waals surface area contributed by atoms with Gasteiger partial charge in [-0.05, 0) is 43.0 Å². The van der Waals surface area contributed by atoms with E-state index < -0.39 is 5.97 Å². The van der Waals surface area contributed by atoms with E-state index in [0.717, 1.165) is 24.9 Å². The lowest BCUT2D eigenvalue weighted by Crippen LogP contribution is -2.38. The summed E-state index contributed by atoms with van der Waals surface area (Å²) in [5, 5.41) is 8.83. The zero-order chi connectivity index (χ0) is 15.4. The molecule has 1 heterocycles. The van der Waals surface area contributed by atoms with Crippen LogP contribution in [0.25, 0.3) is 0 Å². The molecule has 1 aliphatic heterocycles. The number of hydrogen-bond acceptors (Lipinski definition) is 3. The van der Waals surface area contributed by atoms with Gasteiger partial charge in [0.1, 0.15) is 0 Å². The second-order valence-electron chi connectivity index (χ2n) is 6.59. The van der Waals surface area contributed by atoms with Gasteiger partial charge in [-0.25, -0.2) is 0 Å². The molecule has 0 aromatic heterocycles. The van der Waals surface area contributed by atoms with Crippen LogP contribution >= 0.6 is 0 Å². The molecule has 116 valence electrons. The Hall–Kier alpha value is -1.55. The maximum Gasteiger partial charge on any atom is 0.317 e. The first kappa shape index (κ1) is 15.8. The van der Waals surface area contributed by atoms with Gasteiger partial charge in [0.15, 0.2) is 0 Å². The molecular weight excluding hydrogens is 264 g/mol. The molecule has 21 heavy (non-hydrogen) atoms. The van der Waals surface area contributed by atoms with Gasteiger partial charge in [-0.2, -0.15) is 0 Å². The average molecular weight is 290 g/mol. The van der Waals surface area contributed by atoms with E-state index in [-0.39, 0.29) is 6.54 Å². The molecule has 1 aromatic rings. The number of likely N-dealkylation sites (N-methyl/N-ethyl adjacent to an activating group) is 1. The number of hydrogen-bond donors (Lipinski definition) is 1. The first-order valence-corrected chi connectivity index (χ1v) is 7.68. The fourth-order valence-electron chi connectivity index (χ4n) is 3.32. The van der Waals surface area contributed by atoms with E-state index in [1.807, 2.05) is 11.9 Å². The van der Waals surface area contributed by atoms with Crippen molar-refractivity contribution in [1.29, 1.82) is 0 Å². The van der Waals surface area contributed by atoms with Gasteiger partial charge < -0.3 is 10.0 Å². The van der Waals surface area contributed by atoms with E-state index in [4.69, 9.17) is 5.11 Å². The van der Waals surface area contributed by atoms with Crippen molar-refractivity contribution in [3.63, 3.8) is 0 Å². The number of carboxylic acid groups (broad SMARTS) is 1. The average Bonchev–Trinajstić information content (AvgIpc) is 2.36. The van der Waals surface area contributed by atoms with E-state index >= 15 is 0 Å². The van der Waals surface area contributed by atoms with Crippen molar-refractivity contribution in [2.45, 2.75) is 26.8 Å². The molecule has 1 aliphatic rings. The lowest BCUT2D eigenvalue weighted by atomic mass is 9.91. The van der Waals surface area contributed by atoms with Gasteiger partial charge in [0.25, 0.3) is 0 Å². The number of carbonyl (C=O) groups is 1. The van der Waals surface area contributed by atoms with Gasteiger partial charge in [-0.3, -0.25) is 9.69 Å². The molecule has 0 amide bonds. The Morgan fingerprint density at radius 1 is 1.33 bits per heavy atom. The quantitative estimate of drug-likeness (QED) is 0.905. The number of aliphatic carboxylic acids is 1. The molecule has 0 aliphatic carbocycles. The van der Waals surface area contributed by atoms with Crippen LogP contribution in [0.1, 0.15) is 25.8 Å². The Bertz CT molecular complexity index is 479. The highest BCUT2D eigenvalue weighted by Crippen LogP contribution is 2.26. The van der Waals surface area contributed by atoms with Gasteiger partial charge in [0.2, 0.25) is 0 Å². The van der Waals surface area contributed by atoms with Crippen LogP contribution in [0.2, 0.25) is 0 Å². The van der Waals surface area contributed by atoms with Crippen LogP contribution in [0.15, 0.2) is 24.3 Å². The van der Waals surface area contributed by atoms with Crippen LogP contribution in [0, 0.1) is 11.8 Å². The Labute approximate surface area is 127 Å². The van der Waals surface area contributed by atoms with Crippen molar-refractivity contribution < 1.29 is 9.90 Å². The summed E-state index contributed by atoms with van der Waals surface area (Å²) in [5.74, 6) is 0.673. The van der Waals surface area contributed by atoms with Crippen LogP contribution in [0.4, 0.5) is 5.69 Å². The van der Waals surface area contributed by atoms with Crippen molar-refractivity contribution in [1.82, 2.24) is 4.90 Å². The molecule has 0 bridgehead atoms. The largest absolute Gasteiger partial charge is 0.480 e. The summed E-state index contributed by atoms with van der Waals surface area (Å²) >= 11 is 0. The molecule has 0 saturated carbocycles. The maximum absolute atomic E-state index is 10.7. The van der Waals surface area contributed by atoms with Crippen LogP contribution in [0.5, 0.6) is 0 Å². The highest BCUT2D eigenvalue weighted by atomic mass is 16.4. The number of nitrogens with zero attached hydrogens (tertiary/aromatic N) is 2. The Morgan fingerprint density at radius 3 is 2.62 bits per heavy atom. The Balaban J connectivity index is 2.05. The topological polar surface area (TPSA) is 43.8 Å². The van der Waals surface area contributed by atoms with E-state index in [9.17, 15) is 4.79 Å². The smallest absolute Gasteiger partial charge is 0.317 e. The predicted molar refractivity (Wildman–Crippen MR) is 85.6 cm³/mol. The molecule has 2 rings (SSSR count). The lowest BCUT2D eigenvalue weighted by molar-refractivity contribution is -0.138. The van der Waals surface area contributed by atoms with E-state index in [2.05, 4.69) is 43.0 Å². The van der Waals surface area contributed by atoms with E-state index in [1.54, 1.807) is 0 Å². The van der Waals surface area contributed by atoms with E-state index in [0.29, 0.717) is 6.54 Å². The zero-order valence-electron chi connectivity index (χ0n) is 13.2. The first-order valence-electron chi connectivity index (χ1n) is 7.68. The number of anilines is 1. The minimum atomic E-state index is -0.785. The van der Waals surface area contributed by atoms with Crippen molar-refractivity contribution >= 4 is 11.7 Å². The fraction of sp³-hybridized carbons (Fsp3) is 0.588.